The highest BCUT2D eigenvalue weighted by atomic mass is 79.9. The first-order valence-corrected chi connectivity index (χ1v) is 36.5. The lowest BCUT2D eigenvalue weighted by Gasteiger charge is -2.15. The van der Waals surface area contributed by atoms with Gasteiger partial charge in [0.2, 0.25) is 0 Å². The van der Waals surface area contributed by atoms with E-state index in [-0.39, 0.29) is 0 Å². The molecule has 0 spiro atoms. The van der Waals surface area contributed by atoms with Crippen molar-refractivity contribution in [2.75, 3.05) is 0 Å². The van der Waals surface area contributed by atoms with Gasteiger partial charge in [-0.1, -0.05) is 271 Å². The highest BCUT2D eigenvalue weighted by Crippen LogP contribution is 2.46. The summed E-state index contributed by atoms with van der Waals surface area (Å²) in [5.41, 5.74) is 17.5. The fourth-order valence-corrected chi connectivity index (χ4v) is 18.1. The van der Waals surface area contributed by atoms with Gasteiger partial charge in [-0.3, -0.25) is 0 Å². The van der Waals surface area contributed by atoms with Crippen LogP contribution in [0, 0.1) is 0 Å². The van der Waals surface area contributed by atoms with E-state index in [2.05, 4.69) is 348 Å². The van der Waals surface area contributed by atoms with Crippen LogP contribution in [0.15, 0.2) is 332 Å². The monoisotopic (exact) mass is 1390 g/mol. The van der Waals surface area contributed by atoms with Crippen LogP contribution in [-0.2, 0) is 6.42 Å². The molecular weight excluding hydrogens is 1330 g/mol. The predicted octanol–water partition coefficient (Wildman–Crippen LogP) is 26.4. The summed E-state index contributed by atoms with van der Waals surface area (Å²) >= 11 is 7.24. The molecule has 5 aromatic heterocycles. The fraction of sp³-hybridized carbons (Fsp3) is 0.0108. The topological polar surface area (TPSA) is 56.5 Å². The number of thiophene rings is 2. The molecular formula is C93H56BrN5S2. The van der Waals surface area contributed by atoms with Crippen LogP contribution in [0.4, 0.5) is 0 Å². The van der Waals surface area contributed by atoms with Crippen LogP contribution in [0.3, 0.4) is 0 Å². The quantitative estimate of drug-likeness (QED) is 0.172. The Morgan fingerprint density at radius 1 is 0.277 bits per heavy atom. The Bertz CT molecular complexity index is 6980. The molecule has 1 aliphatic carbocycles. The number of hydrogen-bond acceptors (Lipinski definition) is 6. The SMILES string of the molecule is Brc1ccc(-c2nc(-c3ccc4ccccc4c3)c3sc4ccccc4c3n2)c2ccccc12.c1ccc2c(c1)Cc1cc3ccccc3cc1-2.c1ccc2cc(-c3nc(-c4ccc(-n5c6ccccc6c6cc7ccccc7cc65)c5ccccc45)nc4c3sc3ccccc34)ccc2c1. The zero-order valence-electron chi connectivity index (χ0n) is 54.3. The van der Waals surface area contributed by atoms with Gasteiger partial charge in [0.25, 0.3) is 0 Å². The van der Waals surface area contributed by atoms with Gasteiger partial charge in [0.05, 0.1) is 48.5 Å². The molecule has 5 heterocycles. The Labute approximate surface area is 597 Å². The Hall–Kier alpha value is -12.0. The lowest BCUT2D eigenvalue weighted by molar-refractivity contribution is 1.19. The number of aromatic nitrogens is 5. The summed E-state index contributed by atoms with van der Waals surface area (Å²) in [7, 11) is 0. The first kappa shape index (κ1) is 59.1. The van der Waals surface area contributed by atoms with E-state index in [9.17, 15) is 0 Å². The summed E-state index contributed by atoms with van der Waals surface area (Å²) in [5.74, 6) is 1.49. The van der Waals surface area contributed by atoms with Gasteiger partial charge in [0, 0.05) is 63.1 Å². The maximum absolute atomic E-state index is 5.41. The van der Waals surface area contributed by atoms with Crippen molar-refractivity contribution in [1.82, 2.24) is 24.5 Å². The van der Waals surface area contributed by atoms with Gasteiger partial charge in [0.1, 0.15) is 0 Å². The number of fused-ring (bicyclic) bond motifs is 18. The molecule has 0 unspecified atom stereocenters. The number of halogens is 1. The van der Waals surface area contributed by atoms with E-state index in [0.717, 1.165) is 109 Å². The van der Waals surface area contributed by atoms with Crippen molar-refractivity contribution >= 4 is 166 Å². The zero-order valence-corrected chi connectivity index (χ0v) is 57.5. The maximum Gasteiger partial charge on any atom is 0.161 e. The molecule has 21 aromatic rings. The lowest BCUT2D eigenvalue weighted by Crippen LogP contribution is -1.98. The van der Waals surface area contributed by atoms with Crippen LogP contribution in [0.5, 0.6) is 0 Å². The van der Waals surface area contributed by atoms with Crippen molar-refractivity contribution in [2.45, 2.75) is 6.42 Å². The average Bonchev–Trinajstić information content (AvgIpc) is 1.63. The molecule has 101 heavy (non-hydrogen) atoms. The molecule has 16 aromatic carbocycles. The fourth-order valence-electron chi connectivity index (χ4n) is 15.4. The Morgan fingerprint density at radius 3 is 1.33 bits per heavy atom. The van der Waals surface area contributed by atoms with Crippen LogP contribution in [0.25, 0.3) is 189 Å². The van der Waals surface area contributed by atoms with Crippen LogP contribution < -0.4 is 0 Å². The molecule has 0 amide bonds. The normalized spacial score (nSPS) is 12.0. The summed E-state index contributed by atoms with van der Waals surface area (Å²) in [6, 6.07) is 117. The van der Waals surface area contributed by atoms with Gasteiger partial charge in [-0.05, 0) is 161 Å². The molecule has 0 fully saturated rings. The minimum absolute atomic E-state index is 0.736. The van der Waals surface area contributed by atoms with Crippen LogP contribution in [0.2, 0.25) is 0 Å². The third kappa shape index (κ3) is 10.1. The van der Waals surface area contributed by atoms with E-state index in [0.29, 0.717) is 0 Å². The van der Waals surface area contributed by atoms with Crippen molar-refractivity contribution < 1.29 is 0 Å². The molecule has 0 atom stereocenters. The van der Waals surface area contributed by atoms with Crippen LogP contribution in [0.1, 0.15) is 11.1 Å². The molecule has 0 saturated heterocycles. The molecule has 0 N–H and O–H groups in total. The third-order valence-electron chi connectivity index (χ3n) is 20.2. The molecule has 0 bridgehead atoms. The van der Waals surface area contributed by atoms with Crippen molar-refractivity contribution in [3.63, 3.8) is 0 Å². The summed E-state index contributed by atoms with van der Waals surface area (Å²) in [6.45, 7) is 0. The largest absolute Gasteiger partial charge is 0.309 e. The zero-order chi connectivity index (χ0) is 66.7. The van der Waals surface area contributed by atoms with Gasteiger partial charge in [0.15, 0.2) is 11.6 Å². The van der Waals surface area contributed by atoms with Gasteiger partial charge >= 0.3 is 0 Å². The van der Waals surface area contributed by atoms with Crippen LogP contribution in [-0.4, -0.2) is 24.5 Å². The number of rotatable bonds is 5. The third-order valence-corrected chi connectivity index (χ3v) is 23.2. The molecule has 22 rings (SSSR count). The average molecular weight is 1390 g/mol. The number of nitrogens with zero attached hydrogens (tertiary/aromatic N) is 5. The maximum atomic E-state index is 5.41. The van der Waals surface area contributed by atoms with Crippen molar-refractivity contribution in [2.24, 2.45) is 0 Å². The lowest BCUT2D eigenvalue weighted by atomic mass is 10.0. The van der Waals surface area contributed by atoms with E-state index < -0.39 is 0 Å². The molecule has 1 aliphatic rings. The molecule has 0 radical (unpaired) electrons. The van der Waals surface area contributed by atoms with Crippen molar-refractivity contribution in [3.8, 4) is 62.1 Å². The number of hydrogen-bond donors (Lipinski definition) is 0. The van der Waals surface area contributed by atoms with Crippen molar-refractivity contribution in [1.29, 1.82) is 0 Å². The first-order chi connectivity index (χ1) is 50.0. The van der Waals surface area contributed by atoms with Gasteiger partial charge in [-0.25, -0.2) is 19.9 Å². The van der Waals surface area contributed by atoms with E-state index in [1.54, 1.807) is 22.7 Å². The summed E-state index contributed by atoms with van der Waals surface area (Å²) in [4.78, 5) is 21.1. The van der Waals surface area contributed by atoms with Gasteiger partial charge in [-0.15, -0.1) is 22.7 Å². The molecule has 0 aliphatic heterocycles. The minimum Gasteiger partial charge on any atom is -0.309 e. The van der Waals surface area contributed by atoms with E-state index in [1.165, 1.54) is 102 Å². The van der Waals surface area contributed by atoms with E-state index >= 15 is 0 Å². The molecule has 5 nitrogen and oxygen atoms in total. The van der Waals surface area contributed by atoms with Crippen LogP contribution >= 0.6 is 38.6 Å². The van der Waals surface area contributed by atoms with Crippen molar-refractivity contribution in [3.05, 3.63) is 343 Å². The molecule has 472 valence electrons. The Balaban J connectivity index is 0.000000115. The van der Waals surface area contributed by atoms with Gasteiger partial charge < -0.3 is 4.57 Å². The predicted molar refractivity (Wildman–Crippen MR) is 433 cm³/mol. The first-order valence-electron chi connectivity index (χ1n) is 34.1. The number of para-hydroxylation sites is 1. The minimum atomic E-state index is 0.736. The highest BCUT2D eigenvalue weighted by molar-refractivity contribution is 9.10. The Kier molecular flexibility index (Phi) is 14.1. The standard InChI is InChI=1S/C46H27N3S.C30H17BrN2S.C17H12/c1-2-12-29-25-32(22-21-28(29)11-1)43-45-44(37-18-8-10-20-42(37)50-45)48-46(47-43)36-23-24-40(34-16-6-5-15-33(34)36)49-39-19-9-7-17-35(39)38-26-30-13-3-4-14-31(30)27-41(38)49;31-25-16-15-23(21-9-3-4-10-22(21)25)30-32-27(20-14-13-18-7-1-2-8-19(18)17-20)29-28(33-30)24-11-5-6-12-26(24)34-29;1-2-6-13-11-17-15(9-12(13)5-1)10-14-7-3-4-8-16(14)17/h1-27H;1-17H;1-9,11H,10H2. The summed E-state index contributed by atoms with van der Waals surface area (Å²) < 4.78 is 8.19. The second kappa shape index (κ2) is 24.2. The molecule has 8 heteroatoms. The van der Waals surface area contributed by atoms with E-state index in [1.807, 2.05) is 0 Å². The number of benzene rings is 16. The molecule has 0 saturated carbocycles. The highest BCUT2D eigenvalue weighted by Gasteiger charge is 2.24. The van der Waals surface area contributed by atoms with Gasteiger partial charge in [-0.2, -0.15) is 0 Å². The summed E-state index contributed by atoms with van der Waals surface area (Å²) in [5, 5.41) is 19.5. The second-order valence-electron chi connectivity index (χ2n) is 26.0. The summed E-state index contributed by atoms with van der Waals surface area (Å²) in [6.07, 6.45) is 1.08. The second-order valence-corrected chi connectivity index (χ2v) is 29.0. The Morgan fingerprint density at radius 2 is 0.723 bits per heavy atom. The van der Waals surface area contributed by atoms with E-state index in [4.69, 9.17) is 19.9 Å². The smallest absolute Gasteiger partial charge is 0.161 e.